The van der Waals surface area contributed by atoms with Gasteiger partial charge in [0.25, 0.3) is 5.91 Å². The highest BCUT2D eigenvalue weighted by Gasteiger charge is 2.35. The fraction of sp³-hybridized carbons (Fsp3) is 0.389. The number of hydrogen-bond acceptors (Lipinski definition) is 4. The van der Waals surface area contributed by atoms with Crippen molar-refractivity contribution in [2.45, 2.75) is 18.9 Å². The fourth-order valence-electron chi connectivity index (χ4n) is 3.21. The number of benzene rings is 1. The summed E-state index contributed by atoms with van der Waals surface area (Å²) in [5, 5.41) is 7.04. The Kier molecular flexibility index (Phi) is 4.67. The van der Waals surface area contributed by atoms with E-state index in [1.807, 2.05) is 6.92 Å². The number of likely N-dealkylation sites (tertiary alicyclic amines) is 1. The van der Waals surface area contributed by atoms with Crippen LogP contribution in [0.4, 0.5) is 4.39 Å². The van der Waals surface area contributed by atoms with E-state index in [9.17, 15) is 9.18 Å². The molecule has 25 heavy (non-hydrogen) atoms. The lowest BCUT2D eigenvalue weighted by atomic mass is 10.00. The van der Waals surface area contributed by atoms with Gasteiger partial charge in [-0.05, 0) is 37.8 Å². The first-order chi connectivity index (χ1) is 11.9. The molecule has 1 aliphatic rings. The normalized spacial score (nSPS) is 20.6. The molecule has 132 valence electrons. The van der Waals surface area contributed by atoms with Crippen LogP contribution in [-0.4, -0.2) is 52.6 Å². The highest BCUT2D eigenvalue weighted by Crippen LogP contribution is 2.24. The maximum atomic E-state index is 14.5. The fourth-order valence-corrected chi connectivity index (χ4v) is 3.21. The predicted octanol–water partition coefficient (Wildman–Crippen LogP) is 2.08. The summed E-state index contributed by atoms with van der Waals surface area (Å²) in [5.74, 6) is -0.934. The number of carbonyl (C=O) groups is 1. The van der Waals surface area contributed by atoms with E-state index < -0.39 is 17.3 Å². The van der Waals surface area contributed by atoms with Gasteiger partial charge in [0.1, 0.15) is 5.82 Å². The van der Waals surface area contributed by atoms with Gasteiger partial charge < -0.3 is 5.32 Å². The van der Waals surface area contributed by atoms with Crippen LogP contribution in [0, 0.1) is 5.82 Å². The first-order valence-corrected chi connectivity index (χ1v) is 8.16. The zero-order chi connectivity index (χ0) is 18.0. The molecule has 3 rings (SSSR count). The highest BCUT2D eigenvalue weighted by atomic mass is 19.1. The molecule has 1 amide bonds. The third-order valence-electron chi connectivity index (χ3n) is 4.52. The second-order valence-corrected chi connectivity index (χ2v) is 6.78. The quantitative estimate of drug-likeness (QED) is 0.846. The van der Waals surface area contributed by atoms with Crippen molar-refractivity contribution in [1.29, 1.82) is 0 Å². The number of carbonyl (C=O) groups excluding carboxylic acids is 1. The number of rotatable bonds is 5. The lowest BCUT2D eigenvalue weighted by Gasteiger charge is -2.26. The van der Waals surface area contributed by atoms with Crippen molar-refractivity contribution in [3.63, 3.8) is 0 Å². The molecule has 6 nitrogen and oxygen atoms in total. The molecule has 0 saturated carbocycles. The van der Waals surface area contributed by atoms with Gasteiger partial charge in [-0.25, -0.2) is 4.39 Å². The zero-order valence-corrected chi connectivity index (χ0v) is 14.5. The maximum absolute atomic E-state index is 14.5. The number of halogens is 1. The first-order valence-electron chi connectivity index (χ1n) is 8.16. The van der Waals surface area contributed by atoms with Gasteiger partial charge in [0, 0.05) is 31.9 Å². The van der Waals surface area contributed by atoms with Crippen molar-refractivity contribution in [2.75, 3.05) is 19.8 Å². The number of aryl methyl sites for hydroxylation is 1. The van der Waals surface area contributed by atoms with Gasteiger partial charge in [-0.3, -0.25) is 19.4 Å². The summed E-state index contributed by atoms with van der Waals surface area (Å²) in [6.07, 6.45) is 4.26. The van der Waals surface area contributed by atoms with Gasteiger partial charge in [-0.15, -0.1) is 0 Å². The summed E-state index contributed by atoms with van der Waals surface area (Å²) in [6.45, 7) is 7.51. The largest absolute Gasteiger partial charge is 0.345 e. The number of hydrogen-bond donors (Lipinski definition) is 1. The van der Waals surface area contributed by atoms with Gasteiger partial charge in [0.05, 0.1) is 24.0 Å². The standard InChI is InChI=1S/C18H22FN5O/c1-18(6-7-24(11-18)12-20-2)22-17(25)15-5-4-13(8-16(15)19)14-9-21-23(3)10-14/h4-5,8-10H,2,6-7,11-12H2,1,3H3,(H,22,25). The molecular weight excluding hydrogens is 321 g/mol. The summed E-state index contributed by atoms with van der Waals surface area (Å²) >= 11 is 0. The molecule has 1 unspecified atom stereocenters. The molecule has 2 heterocycles. The highest BCUT2D eigenvalue weighted by molar-refractivity contribution is 5.95. The minimum atomic E-state index is -0.537. The molecule has 1 N–H and O–H groups in total. The van der Waals surface area contributed by atoms with Crippen LogP contribution in [-0.2, 0) is 7.05 Å². The van der Waals surface area contributed by atoms with Crippen LogP contribution in [0.5, 0.6) is 0 Å². The Balaban J connectivity index is 1.73. The Morgan fingerprint density at radius 1 is 1.48 bits per heavy atom. The van der Waals surface area contributed by atoms with Gasteiger partial charge >= 0.3 is 0 Å². The predicted molar refractivity (Wildman–Crippen MR) is 95.1 cm³/mol. The Hall–Kier alpha value is -2.54. The molecule has 1 aromatic carbocycles. The van der Waals surface area contributed by atoms with Crippen LogP contribution >= 0.6 is 0 Å². The van der Waals surface area contributed by atoms with E-state index in [4.69, 9.17) is 0 Å². The second-order valence-electron chi connectivity index (χ2n) is 6.78. The van der Waals surface area contributed by atoms with E-state index >= 15 is 0 Å². The Morgan fingerprint density at radius 3 is 2.92 bits per heavy atom. The van der Waals surface area contributed by atoms with Crippen molar-refractivity contribution >= 4 is 12.6 Å². The molecule has 1 aromatic heterocycles. The first kappa shape index (κ1) is 17.3. The number of amides is 1. The van der Waals surface area contributed by atoms with E-state index in [1.165, 1.54) is 12.1 Å². The van der Waals surface area contributed by atoms with Crippen molar-refractivity contribution in [3.8, 4) is 11.1 Å². The summed E-state index contributed by atoms with van der Waals surface area (Å²) in [5.41, 5.74) is 1.16. The summed E-state index contributed by atoms with van der Waals surface area (Å²) < 4.78 is 16.1. The molecule has 1 saturated heterocycles. The maximum Gasteiger partial charge on any atom is 0.254 e. The van der Waals surface area contributed by atoms with Crippen molar-refractivity contribution in [1.82, 2.24) is 20.0 Å². The topological polar surface area (TPSA) is 62.5 Å². The Morgan fingerprint density at radius 2 is 2.28 bits per heavy atom. The van der Waals surface area contributed by atoms with Crippen LogP contribution in [0.15, 0.2) is 35.6 Å². The molecule has 0 bridgehead atoms. The number of aromatic nitrogens is 2. The van der Waals surface area contributed by atoms with E-state index in [2.05, 4.69) is 27.0 Å². The van der Waals surface area contributed by atoms with Gasteiger partial charge in [0.2, 0.25) is 0 Å². The average Bonchev–Trinajstić information content (AvgIpc) is 3.14. The van der Waals surface area contributed by atoms with Crippen molar-refractivity contribution < 1.29 is 9.18 Å². The molecule has 0 spiro atoms. The van der Waals surface area contributed by atoms with Crippen LogP contribution in [0.25, 0.3) is 11.1 Å². The molecule has 2 aromatic rings. The van der Waals surface area contributed by atoms with E-state index in [0.717, 1.165) is 18.5 Å². The number of nitrogens with one attached hydrogen (secondary N) is 1. The molecule has 7 heteroatoms. The monoisotopic (exact) mass is 343 g/mol. The minimum Gasteiger partial charge on any atom is -0.345 e. The Labute approximate surface area is 146 Å². The van der Waals surface area contributed by atoms with E-state index in [-0.39, 0.29) is 5.56 Å². The van der Waals surface area contributed by atoms with Crippen molar-refractivity contribution in [3.05, 3.63) is 42.0 Å². The molecule has 1 fully saturated rings. The molecule has 1 atom stereocenters. The molecule has 0 aliphatic carbocycles. The second kappa shape index (κ2) is 6.76. The summed E-state index contributed by atoms with van der Waals surface area (Å²) in [6, 6.07) is 4.63. The Bertz CT molecular complexity index is 803. The van der Waals surface area contributed by atoms with Crippen LogP contribution in [0.2, 0.25) is 0 Å². The third kappa shape index (κ3) is 3.76. The van der Waals surface area contributed by atoms with E-state index in [0.29, 0.717) is 18.8 Å². The molecule has 1 aliphatic heterocycles. The number of nitrogens with zero attached hydrogens (tertiary/aromatic N) is 4. The van der Waals surface area contributed by atoms with E-state index in [1.54, 1.807) is 30.2 Å². The minimum absolute atomic E-state index is 0.0501. The lowest BCUT2D eigenvalue weighted by molar-refractivity contribution is 0.0904. The zero-order valence-electron chi connectivity index (χ0n) is 14.5. The average molecular weight is 343 g/mol. The van der Waals surface area contributed by atoms with Crippen LogP contribution < -0.4 is 5.32 Å². The van der Waals surface area contributed by atoms with Crippen LogP contribution in [0.1, 0.15) is 23.7 Å². The molecular formula is C18H22FN5O. The van der Waals surface area contributed by atoms with Gasteiger partial charge in [-0.2, -0.15) is 5.10 Å². The van der Waals surface area contributed by atoms with Crippen molar-refractivity contribution in [2.24, 2.45) is 12.0 Å². The van der Waals surface area contributed by atoms with Gasteiger partial charge in [0.15, 0.2) is 0 Å². The SMILES string of the molecule is C=NCN1CCC(C)(NC(=O)c2ccc(-c3cnn(C)c3)cc2F)C1. The third-order valence-corrected chi connectivity index (χ3v) is 4.52. The van der Waals surface area contributed by atoms with Crippen LogP contribution in [0.3, 0.4) is 0 Å². The summed E-state index contributed by atoms with van der Waals surface area (Å²) in [7, 11) is 1.80. The number of aliphatic imine (C=N–C) groups is 1. The summed E-state index contributed by atoms with van der Waals surface area (Å²) in [4.78, 5) is 18.5. The van der Waals surface area contributed by atoms with Gasteiger partial charge in [-0.1, -0.05) is 6.07 Å². The smallest absolute Gasteiger partial charge is 0.254 e. The molecule has 0 radical (unpaired) electrons. The lowest BCUT2D eigenvalue weighted by Crippen LogP contribution is -2.48.